The molecule has 0 bridgehead atoms. The van der Waals surface area contributed by atoms with Gasteiger partial charge in [-0.25, -0.2) is 4.98 Å². The molecule has 0 aliphatic rings. The number of anilines is 1. The van der Waals surface area contributed by atoms with Gasteiger partial charge in [0.15, 0.2) is 11.2 Å². The number of fused-ring (bicyclic) bond motifs is 1. The number of hydrogen-bond acceptors (Lipinski definition) is 5. The number of aromatic nitrogens is 4. The first kappa shape index (κ1) is 12.4. The molecule has 0 spiro atoms. The minimum atomic E-state index is -0.858. The fraction of sp³-hybridized carbons (Fsp3) is 0.154. The van der Waals surface area contributed by atoms with E-state index in [1.165, 1.54) is 0 Å². The van der Waals surface area contributed by atoms with Crippen LogP contribution in [0, 0.1) is 0 Å². The number of nitrogen functional groups attached to an aromatic ring is 1. The van der Waals surface area contributed by atoms with E-state index >= 15 is 0 Å². The first-order valence-corrected chi connectivity index (χ1v) is 6.09. The van der Waals surface area contributed by atoms with Gasteiger partial charge in [-0.2, -0.15) is 4.98 Å². The summed E-state index contributed by atoms with van der Waals surface area (Å²) in [5, 5.41) is 0. The summed E-state index contributed by atoms with van der Waals surface area (Å²) < 4.78 is 0. The quantitative estimate of drug-likeness (QED) is 0.537. The third kappa shape index (κ3) is 1.84. The largest absolute Gasteiger partial charge is 0.369 e. The average Bonchev–Trinajstić information content (AvgIpc) is 2.84. The van der Waals surface area contributed by atoms with E-state index in [0.29, 0.717) is 5.82 Å². The smallest absolute Gasteiger partial charge is 0.278 e. The number of H-pyrrole nitrogens is 2. The van der Waals surface area contributed by atoms with Gasteiger partial charge in [0.25, 0.3) is 5.56 Å². The maximum absolute atomic E-state index is 11.8. The Balaban J connectivity index is 2.20. The summed E-state index contributed by atoms with van der Waals surface area (Å²) in [5.74, 6) is 0.487. The standard InChI is InChI=1S/C13H14N6O/c1-13(15,7-5-3-2-4-6-7)11-16-8-9(17-11)18-12(14)19-10(8)20/h2-6H,15H2,1H3,(H4,14,16,17,18,19,20). The summed E-state index contributed by atoms with van der Waals surface area (Å²) in [4.78, 5) is 25.4. The SMILES string of the molecule is CC(N)(c1ccccc1)c1nc2nc(N)[nH]c(=O)c2[nH]1. The Morgan fingerprint density at radius 1 is 1.15 bits per heavy atom. The van der Waals surface area contributed by atoms with E-state index in [0.717, 1.165) is 5.56 Å². The third-order valence-corrected chi connectivity index (χ3v) is 3.25. The molecule has 0 aliphatic heterocycles. The van der Waals surface area contributed by atoms with Crippen molar-refractivity contribution in [2.24, 2.45) is 5.73 Å². The lowest BCUT2D eigenvalue weighted by Gasteiger charge is -2.22. The van der Waals surface area contributed by atoms with Crippen molar-refractivity contribution >= 4 is 17.1 Å². The number of aromatic amines is 2. The Kier molecular flexibility index (Phi) is 2.58. The number of hydrogen-bond donors (Lipinski definition) is 4. The minimum Gasteiger partial charge on any atom is -0.369 e. The highest BCUT2D eigenvalue weighted by atomic mass is 16.1. The van der Waals surface area contributed by atoms with Gasteiger partial charge in [0.2, 0.25) is 5.95 Å². The van der Waals surface area contributed by atoms with Crippen LogP contribution in [0.1, 0.15) is 18.3 Å². The molecule has 7 nitrogen and oxygen atoms in total. The maximum atomic E-state index is 11.8. The molecule has 0 radical (unpaired) electrons. The topological polar surface area (TPSA) is 126 Å². The zero-order valence-electron chi connectivity index (χ0n) is 10.8. The Labute approximate surface area is 114 Å². The predicted octanol–water partition coefficient (Wildman–Crippen LogP) is 0.451. The molecule has 0 aliphatic carbocycles. The first-order valence-electron chi connectivity index (χ1n) is 6.09. The predicted molar refractivity (Wildman–Crippen MR) is 76.0 cm³/mol. The Bertz CT molecular complexity index is 818. The summed E-state index contributed by atoms with van der Waals surface area (Å²) in [6.07, 6.45) is 0. The minimum absolute atomic E-state index is 0.0268. The molecule has 0 saturated carbocycles. The van der Waals surface area contributed by atoms with E-state index in [4.69, 9.17) is 11.5 Å². The van der Waals surface area contributed by atoms with Crippen LogP contribution in [0.4, 0.5) is 5.95 Å². The molecule has 6 N–H and O–H groups in total. The van der Waals surface area contributed by atoms with Crippen LogP contribution in [-0.4, -0.2) is 19.9 Å². The maximum Gasteiger partial charge on any atom is 0.278 e. The number of nitrogens with zero attached hydrogens (tertiary/aromatic N) is 2. The summed E-state index contributed by atoms with van der Waals surface area (Å²) >= 11 is 0. The van der Waals surface area contributed by atoms with Gasteiger partial charge in [-0.15, -0.1) is 0 Å². The molecule has 102 valence electrons. The van der Waals surface area contributed by atoms with E-state index in [2.05, 4.69) is 19.9 Å². The highest BCUT2D eigenvalue weighted by Gasteiger charge is 2.28. The zero-order chi connectivity index (χ0) is 14.3. The van der Waals surface area contributed by atoms with Crippen molar-refractivity contribution in [2.45, 2.75) is 12.5 Å². The number of rotatable bonds is 2. The van der Waals surface area contributed by atoms with Crippen molar-refractivity contribution in [2.75, 3.05) is 5.73 Å². The van der Waals surface area contributed by atoms with E-state index < -0.39 is 5.54 Å². The monoisotopic (exact) mass is 270 g/mol. The Morgan fingerprint density at radius 2 is 1.85 bits per heavy atom. The van der Waals surface area contributed by atoms with Crippen molar-refractivity contribution < 1.29 is 0 Å². The fourth-order valence-corrected chi connectivity index (χ4v) is 2.09. The molecule has 2 aromatic heterocycles. The van der Waals surface area contributed by atoms with Gasteiger partial charge in [0.05, 0.1) is 5.54 Å². The second kappa shape index (κ2) is 4.17. The van der Waals surface area contributed by atoms with Gasteiger partial charge in [0, 0.05) is 0 Å². The van der Waals surface area contributed by atoms with Crippen LogP contribution in [-0.2, 0) is 5.54 Å². The van der Waals surface area contributed by atoms with Crippen LogP contribution in [0.3, 0.4) is 0 Å². The van der Waals surface area contributed by atoms with Gasteiger partial charge in [0.1, 0.15) is 5.82 Å². The first-order chi connectivity index (χ1) is 9.48. The molecule has 3 rings (SSSR count). The number of nitrogens with two attached hydrogens (primary N) is 2. The normalized spacial score (nSPS) is 14.3. The van der Waals surface area contributed by atoms with Crippen molar-refractivity contribution in [1.29, 1.82) is 0 Å². The molecule has 3 aromatic rings. The number of nitrogens with one attached hydrogen (secondary N) is 2. The summed E-state index contributed by atoms with van der Waals surface area (Å²) in [7, 11) is 0. The second-order valence-corrected chi connectivity index (χ2v) is 4.80. The van der Waals surface area contributed by atoms with Crippen LogP contribution in [0.25, 0.3) is 11.2 Å². The molecule has 0 fully saturated rings. The van der Waals surface area contributed by atoms with E-state index in [1.807, 2.05) is 37.3 Å². The molecular weight excluding hydrogens is 256 g/mol. The van der Waals surface area contributed by atoms with E-state index in [1.54, 1.807) is 0 Å². The fourth-order valence-electron chi connectivity index (χ4n) is 2.09. The van der Waals surface area contributed by atoms with Crippen molar-refractivity contribution in [1.82, 2.24) is 19.9 Å². The third-order valence-electron chi connectivity index (χ3n) is 3.25. The highest BCUT2D eigenvalue weighted by molar-refractivity contribution is 5.70. The zero-order valence-corrected chi connectivity index (χ0v) is 10.8. The molecule has 2 heterocycles. The van der Waals surface area contributed by atoms with Crippen LogP contribution < -0.4 is 17.0 Å². The lowest BCUT2D eigenvalue weighted by Crippen LogP contribution is -2.35. The van der Waals surface area contributed by atoms with E-state index in [9.17, 15) is 4.79 Å². The van der Waals surface area contributed by atoms with Crippen LogP contribution >= 0.6 is 0 Å². The summed E-state index contributed by atoms with van der Waals surface area (Å²) in [6.45, 7) is 1.82. The number of imidazole rings is 1. The summed E-state index contributed by atoms with van der Waals surface area (Å²) in [6, 6.07) is 9.50. The van der Waals surface area contributed by atoms with Crippen molar-refractivity contribution in [3.05, 3.63) is 52.1 Å². The van der Waals surface area contributed by atoms with Gasteiger partial charge in [-0.1, -0.05) is 30.3 Å². The van der Waals surface area contributed by atoms with Crippen molar-refractivity contribution in [3.8, 4) is 0 Å². The molecule has 0 amide bonds. The molecule has 1 aromatic carbocycles. The molecule has 7 heteroatoms. The van der Waals surface area contributed by atoms with Gasteiger partial charge >= 0.3 is 0 Å². The molecule has 0 saturated heterocycles. The number of benzene rings is 1. The van der Waals surface area contributed by atoms with Crippen LogP contribution in [0.15, 0.2) is 35.1 Å². The summed E-state index contributed by atoms with van der Waals surface area (Å²) in [5.41, 5.74) is 12.0. The molecule has 20 heavy (non-hydrogen) atoms. The average molecular weight is 270 g/mol. The van der Waals surface area contributed by atoms with Crippen molar-refractivity contribution in [3.63, 3.8) is 0 Å². The van der Waals surface area contributed by atoms with E-state index in [-0.39, 0.29) is 22.7 Å². The van der Waals surface area contributed by atoms with Crippen LogP contribution in [0.5, 0.6) is 0 Å². The molecular formula is C13H14N6O. The van der Waals surface area contributed by atoms with Gasteiger partial charge in [-0.3, -0.25) is 9.78 Å². The second-order valence-electron chi connectivity index (χ2n) is 4.80. The Hall–Kier alpha value is -2.67. The molecule has 1 unspecified atom stereocenters. The highest BCUT2D eigenvalue weighted by Crippen LogP contribution is 2.24. The lowest BCUT2D eigenvalue weighted by molar-refractivity contribution is 0.567. The van der Waals surface area contributed by atoms with Gasteiger partial charge < -0.3 is 16.5 Å². The lowest BCUT2D eigenvalue weighted by atomic mass is 9.92. The Morgan fingerprint density at radius 3 is 2.55 bits per heavy atom. The molecule has 1 atom stereocenters. The van der Waals surface area contributed by atoms with Gasteiger partial charge in [-0.05, 0) is 12.5 Å². The van der Waals surface area contributed by atoms with Crippen LogP contribution in [0.2, 0.25) is 0 Å².